The van der Waals surface area contributed by atoms with E-state index in [1.807, 2.05) is 30.3 Å². The number of nitrogens with one attached hydrogen (secondary N) is 1. The number of carbonyl (C=O) groups excluding carboxylic acids is 1. The number of rotatable bonds is 7. The number of carbonyl (C=O) groups is 1. The average molecular weight is 275 g/mol. The predicted octanol–water partition coefficient (Wildman–Crippen LogP) is 1.46. The summed E-state index contributed by atoms with van der Waals surface area (Å²) in [4.78, 5) is 14.7. The van der Waals surface area contributed by atoms with Gasteiger partial charge in [-0.25, -0.2) is 0 Å². The molecule has 2 rings (SSSR count). The lowest BCUT2D eigenvalue weighted by atomic mass is 9.92. The van der Waals surface area contributed by atoms with Crippen molar-refractivity contribution in [3.8, 4) is 0 Å². The van der Waals surface area contributed by atoms with E-state index in [-0.39, 0.29) is 5.91 Å². The van der Waals surface area contributed by atoms with Crippen LogP contribution in [0.15, 0.2) is 30.3 Å². The molecule has 1 atom stereocenters. The van der Waals surface area contributed by atoms with Crippen molar-refractivity contribution in [2.45, 2.75) is 38.3 Å². The molecule has 0 spiro atoms. The molecule has 0 heterocycles. The minimum Gasteiger partial charge on any atom is -0.353 e. The maximum atomic E-state index is 12.3. The first-order valence-electron chi connectivity index (χ1n) is 7.42. The van der Waals surface area contributed by atoms with Crippen LogP contribution >= 0.6 is 0 Å². The van der Waals surface area contributed by atoms with Gasteiger partial charge in [-0.15, -0.1) is 0 Å². The SMILES string of the molecule is CCN(CCNC(=O)C(C)(N)c1ccccc1)C1CC1. The van der Waals surface area contributed by atoms with E-state index in [1.165, 1.54) is 12.8 Å². The van der Waals surface area contributed by atoms with Gasteiger partial charge >= 0.3 is 0 Å². The first-order valence-corrected chi connectivity index (χ1v) is 7.42. The van der Waals surface area contributed by atoms with Crippen molar-refractivity contribution in [2.24, 2.45) is 5.73 Å². The second-order valence-corrected chi connectivity index (χ2v) is 5.68. The van der Waals surface area contributed by atoms with Gasteiger partial charge in [0.25, 0.3) is 0 Å². The lowest BCUT2D eigenvalue weighted by Crippen LogP contribution is -2.50. The van der Waals surface area contributed by atoms with E-state index in [4.69, 9.17) is 5.73 Å². The number of benzene rings is 1. The largest absolute Gasteiger partial charge is 0.353 e. The van der Waals surface area contributed by atoms with Crippen molar-refractivity contribution in [2.75, 3.05) is 19.6 Å². The van der Waals surface area contributed by atoms with Crippen LogP contribution in [-0.4, -0.2) is 36.5 Å². The number of amides is 1. The summed E-state index contributed by atoms with van der Waals surface area (Å²) >= 11 is 0. The highest BCUT2D eigenvalue weighted by molar-refractivity contribution is 5.86. The maximum Gasteiger partial charge on any atom is 0.244 e. The van der Waals surface area contributed by atoms with Crippen molar-refractivity contribution < 1.29 is 4.79 Å². The summed E-state index contributed by atoms with van der Waals surface area (Å²) in [5.41, 5.74) is 6.04. The summed E-state index contributed by atoms with van der Waals surface area (Å²) < 4.78 is 0. The molecule has 1 fully saturated rings. The topological polar surface area (TPSA) is 58.4 Å². The van der Waals surface area contributed by atoms with Crippen molar-refractivity contribution in [3.63, 3.8) is 0 Å². The Morgan fingerprint density at radius 3 is 2.60 bits per heavy atom. The molecule has 0 bridgehead atoms. The van der Waals surface area contributed by atoms with Gasteiger partial charge in [-0.05, 0) is 31.9 Å². The van der Waals surface area contributed by atoms with Gasteiger partial charge in [0.15, 0.2) is 0 Å². The first kappa shape index (κ1) is 15.0. The molecule has 4 heteroatoms. The van der Waals surface area contributed by atoms with Crippen LogP contribution in [0.5, 0.6) is 0 Å². The molecule has 20 heavy (non-hydrogen) atoms. The van der Waals surface area contributed by atoms with Gasteiger partial charge in [0.1, 0.15) is 5.54 Å². The van der Waals surface area contributed by atoms with Crippen LogP contribution in [0.2, 0.25) is 0 Å². The van der Waals surface area contributed by atoms with E-state index in [1.54, 1.807) is 6.92 Å². The van der Waals surface area contributed by atoms with E-state index >= 15 is 0 Å². The second-order valence-electron chi connectivity index (χ2n) is 5.68. The van der Waals surface area contributed by atoms with Gasteiger partial charge in [-0.2, -0.15) is 0 Å². The number of likely N-dealkylation sites (N-methyl/N-ethyl adjacent to an activating group) is 1. The van der Waals surface area contributed by atoms with Crippen LogP contribution in [0.1, 0.15) is 32.3 Å². The van der Waals surface area contributed by atoms with E-state index in [2.05, 4.69) is 17.1 Å². The Kier molecular flexibility index (Phi) is 4.78. The molecule has 4 nitrogen and oxygen atoms in total. The fourth-order valence-corrected chi connectivity index (χ4v) is 2.45. The Labute approximate surface area is 121 Å². The maximum absolute atomic E-state index is 12.3. The van der Waals surface area contributed by atoms with Crippen LogP contribution in [0, 0.1) is 0 Å². The summed E-state index contributed by atoms with van der Waals surface area (Å²) in [6, 6.07) is 10.2. The van der Waals surface area contributed by atoms with Gasteiger partial charge in [0, 0.05) is 19.1 Å². The van der Waals surface area contributed by atoms with Gasteiger partial charge in [-0.1, -0.05) is 37.3 Å². The molecule has 1 aliphatic carbocycles. The highest BCUT2D eigenvalue weighted by atomic mass is 16.2. The molecule has 110 valence electrons. The zero-order valence-corrected chi connectivity index (χ0v) is 12.4. The molecular formula is C16H25N3O. The summed E-state index contributed by atoms with van der Waals surface area (Å²) in [6.45, 7) is 6.52. The van der Waals surface area contributed by atoms with Gasteiger partial charge in [0.05, 0.1) is 0 Å². The van der Waals surface area contributed by atoms with Crippen molar-refractivity contribution in [3.05, 3.63) is 35.9 Å². The third kappa shape index (κ3) is 3.58. The molecular weight excluding hydrogens is 250 g/mol. The Morgan fingerprint density at radius 1 is 1.40 bits per heavy atom. The minimum absolute atomic E-state index is 0.115. The van der Waals surface area contributed by atoms with Gasteiger partial charge < -0.3 is 11.1 Å². The fourth-order valence-electron chi connectivity index (χ4n) is 2.45. The molecule has 1 amide bonds. The number of nitrogens with zero attached hydrogens (tertiary/aromatic N) is 1. The molecule has 1 aromatic carbocycles. The van der Waals surface area contributed by atoms with Gasteiger partial charge in [-0.3, -0.25) is 9.69 Å². The molecule has 0 aromatic heterocycles. The average Bonchev–Trinajstić information content (AvgIpc) is 3.29. The fraction of sp³-hybridized carbons (Fsp3) is 0.562. The zero-order valence-electron chi connectivity index (χ0n) is 12.4. The minimum atomic E-state index is -0.974. The monoisotopic (exact) mass is 275 g/mol. The Hall–Kier alpha value is -1.39. The molecule has 0 aliphatic heterocycles. The summed E-state index contributed by atoms with van der Waals surface area (Å²) in [5.74, 6) is -0.115. The quantitative estimate of drug-likeness (QED) is 0.792. The van der Waals surface area contributed by atoms with Crippen LogP contribution in [0.3, 0.4) is 0 Å². The highest BCUT2D eigenvalue weighted by Crippen LogP contribution is 2.25. The lowest BCUT2D eigenvalue weighted by Gasteiger charge is -2.25. The third-order valence-electron chi connectivity index (χ3n) is 4.00. The van der Waals surface area contributed by atoms with E-state index in [9.17, 15) is 4.79 Å². The Balaban J connectivity index is 1.84. The summed E-state index contributed by atoms with van der Waals surface area (Å²) in [5, 5.41) is 2.96. The number of hydrogen-bond donors (Lipinski definition) is 2. The summed E-state index contributed by atoms with van der Waals surface area (Å²) in [6.07, 6.45) is 2.58. The van der Waals surface area contributed by atoms with Crippen LogP contribution in [0.25, 0.3) is 0 Å². The van der Waals surface area contributed by atoms with Crippen molar-refractivity contribution in [1.82, 2.24) is 10.2 Å². The summed E-state index contributed by atoms with van der Waals surface area (Å²) in [7, 11) is 0. The molecule has 1 aliphatic rings. The lowest BCUT2D eigenvalue weighted by molar-refractivity contribution is -0.126. The van der Waals surface area contributed by atoms with E-state index < -0.39 is 5.54 Å². The van der Waals surface area contributed by atoms with Gasteiger partial charge in [0.2, 0.25) is 5.91 Å². The second kappa shape index (κ2) is 6.37. The first-order chi connectivity index (χ1) is 9.55. The number of nitrogens with two attached hydrogens (primary N) is 1. The molecule has 0 radical (unpaired) electrons. The third-order valence-corrected chi connectivity index (χ3v) is 4.00. The zero-order chi connectivity index (χ0) is 14.6. The normalized spacial score (nSPS) is 17.8. The van der Waals surface area contributed by atoms with Crippen LogP contribution in [-0.2, 0) is 10.3 Å². The van der Waals surface area contributed by atoms with E-state index in [0.717, 1.165) is 24.7 Å². The molecule has 1 saturated carbocycles. The predicted molar refractivity (Wildman–Crippen MR) is 81.3 cm³/mol. The molecule has 1 unspecified atom stereocenters. The van der Waals surface area contributed by atoms with Crippen molar-refractivity contribution in [1.29, 1.82) is 0 Å². The standard InChI is InChI=1S/C16H25N3O/c1-3-19(14-9-10-14)12-11-18-15(20)16(2,17)13-7-5-4-6-8-13/h4-8,14H,3,9-12,17H2,1-2H3,(H,18,20). The number of hydrogen-bond acceptors (Lipinski definition) is 3. The molecule has 0 saturated heterocycles. The van der Waals surface area contributed by atoms with Crippen molar-refractivity contribution >= 4 is 5.91 Å². The highest BCUT2D eigenvalue weighted by Gasteiger charge is 2.31. The smallest absolute Gasteiger partial charge is 0.244 e. The molecule has 1 aromatic rings. The van der Waals surface area contributed by atoms with E-state index in [0.29, 0.717) is 6.54 Å². The Morgan fingerprint density at radius 2 is 2.05 bits per heavy atom. The van der Waals surface area contributed by atoms with Crippen LogP contribution in [0.4, 0.5) is 0 Å². The van der Waals surface area contributed by atoms with Crippen LogP contribution < -0.4 is 11.1 Å². The molecule has 3 N–H and O–H groups in total. The Bertz CT molecular complexity index is 440.